The maximum Gasteiger partial charge on any atom is 0.320 e. The van der Waals surface area contributed by atoms with Gasteiger partial charge in [0.2, 0.25) is 0 Å². The van der Waals surface area contributed by atoms with Crippen molar-refractivity contribution >= 4 is 17.8 Å². The zero-order chi connectivity index (χ0) is 23.0. The number of ether oxygens (including phenoxy) is 1. The predicted molar refractivity (Wildman–Crippen MR) is 122 cm³/mol. The number of allylic oxidation sites excluding steroid dienone is 1. The molecular formula is C27H28N2O3. The molecule has 6 atom stereocenters. The van der Waals surface area contributed by atoms with Crippen LogP contribution >= 0.6 is 0 Å². The van der Waals surface area contributed by atoms with Gasteiger partial charge in [0.05, 0.1) is 17.3 Å². The summed E-state index contributed by atoms with van der Waals surface area (Å²) in [6.07, 6.45) is 6.10. The molecule has 1 aliphatic heterocycles. The lowest BCUT2D eigenvalue weighted by Crippen LogP contribution is -2.51. The van der Waals surface area contributed by atoms with Gasteiger partial charge >= 0.3 is 5.97 Å². The molecular weight excluding hydrogens is 400 g/mol. The number of cyclic esters (lactones) is 1. The Morgan fingerprint density at radius 3 is 2.62 bits per heavy atom. The molecule has 2 heterocycles. The van der Waals surface area contributed by atoms with Crippen molar-refractivity contribution in [2.45, 2.75) is 40.2 Å². The van der Waals surface area contributed by atoms with Gasteiger partial charge in [-0.2, -0.15) is 5.26 Å². The van der Waals surface area contributed by atoms with Gasteiger partial charge in [0, 0.05) is 23.2 Å². The molecule has 1 saturated carbocycles. The van der Waals surface area contributed by atoms with Crippen molar-refractivity contribution in [1.29, 1.82) is 5.26 Å². The molecule has 5 heteroatoms. The minimum Gasteiger partial charge on any atom is -0.462 e. The third kappa shape index (κ3) is 3.44. The zero-order valence-corrected chi connectivity index (χ0v) is 18.9. The fourth-order valence-corrected chi connectivity index (χ4v) is 5.67. The summed E-state index contributed by atoms with van der Waals surface area (Å²) in [5.74, 6) is -0.0598. The first-order chi connectivity index (χ1) is 15.3. The smallest absolute Gasteiger partial charge is 0.320 e. The summed E-state index contributed by atoms with van der Waals surface area (Å²) in [4.78, 5) is 30.0. The molecule has 1 aromatic heterocycles. The third-order valence-corrected chi connectivity index (χ3v) is 7.56. The van der Waals surface area contributed by atoms with Crippen LogP contribution in [0.15, 0.2) is 48.7 Å². The van der Waals surface area contributed by atoms with Crippen molar-refractivity contribution in [2.75, 3.05) is 0 Å². The number of fused-ring (bicyclic) bond motifs is 1. The third-order valence-electron chi connectivity index (χ3n) is 7.56. The highest BCUT2D eigenvalue weighted by Crippen LogP contribution is 2.56. The highest BCUT2D eigenvalue weighted by Gasteiger charge is 2.64. The van der Waals surface area contributed by atoms with Gasteiger partial charge in [-0.15, -0.1) is 0 Å². The highest BCUT2D eigenvalue weighted by molar-refractivity contribution is 6.04. The number of Topliss-reactive ketones (excluding diaryl/α,β-unsaturated/α-hetero) is 1. The molecule has 0 spiro atoms. The number of nitrogens with zero attached hydrogens (tertiary/aromatic N) is 2. The van der Waals surface area contributed by atoms with E-state index in [0.29, 0.717) is 17.9 Å². The van der Waals surface area contributed by atoms with Crippen LogP contribution < -0.4 is 0 Å². The summed E-state index contributed by atoms with van der Waals surface area (Å²) in [6.45, 7) is 7.72. The lowest BCUT2D eigenvalue weighted by atomic mass is 9.53. The second kappa shape index (κ2) is 8.35. The Bertz CT molecular complexity index is 1110. The van der Waals surface area contributed by atoms with Gasteiger partial charge in [-0.05, 0) is 56.2 Å². The SMILES string of the molecule is CC(=O)[C@@]12C[C@H](C)[C@@H](C)[C@H](/C=C/c3ccc(-c4ccccc4C#N)cn3)[C@@H]1[C@@H](C)OC2=O. The Hall–Kier alpha value is -3.26. The van der Waals surface area contributed by atoms with Gasteiger partial charge in [-0.1, -0.05) is 44.2 Å². The Balaban J connectivity index is 1.64. The van der Waals surface area contributed by atoms with Gasteiger partial charge in [-0.25, -0.2) is 0 Å². The van der Waals surface area contributed by atoms with Crippen LogP contribution in [0.2, 0.25) is 0 Å². The normalized spacial score (nSPS) is 31.7. The van der Waals surface area contributed by atoms with E-state index in [-0.39, 0.29) is 35.6 Å². The van der Waals surface area contributed by atoms with Crippen molar-refractivity contribution in [3.8, 4) is 17.2 Å². The topological polar surface area (TPSA) is 80.1 Å². The van der Waals surface area contributed by atoms with Crippen LogP contribution in [0.5, 0.6) is 0 Å². The molecule has 0 N–H and O–H groups in total. The van der Waals surface area contributed by atoms with Crippen molar-refractivity contribution in [3.05, 3.63) is 59.9 Å². The van der Waals surface area contributed by atoms with Gasteiger partial charge < -0.3 is 4.74 Å². The van der Waals surface area contributed by atoms with E-state index >= 15 is 0 Å². The number of aromatic nitrogens is 1. The second-order valence-electron chi connectivity index (χ2n) is 9.27. The lowest BCUT2D eigenvalue weighted by Gasteiger charge is -2.46. The Morgan fingerprint density at radius 1 is 1.22 bits per heavy atom. The number of carbonyl (C=O) groups excluding carboxylic acids is 2. The van der Waals surface area contributed by atoms with Gasteiger partial charge in [0.15, 0.2) is 0 Å². The van der Waals surface area contributed by atoms with Crippen molar-refractivity contribution in [1.82, 2.24) is 4.98 Å². The number of hydrogen-bond donors (Lipinski definition) is 0. The molecule has 0 unspecified atom stereocenters. The van der Waals surface area contributed by atoms with Crippen molar-refractivity contribution < 1.29 is 14.3 Å². The molecule has 1 aliphatic carbocycles. The molecule has 4 rings (SSSR count). The van der Waals surface area contributed by atoms with Crippen LogP contribution in [0.4, 0.5) is 0 Å². The van der Waals surface area contributed by atoms with Crippen LogP contribution in [0.3, 0.4) is 0 Å². The first-order valence-electron chi connectivity index (χ1n) is 11.2. The van der Waals surface area contributed by atoms with E-state index in [9.17, 15) is 14.9 Å². The number of carbonyl (C=O) groups is 2. The highest BCUT2D eigenvalue weighted by atomic mass is 16.6. The van der Waals surface area contributed by atoms with E-state index in [2.05, 4.69) is 31.0 Å². The number of ketones is 1. The fraction of sp³-hybridized carbons (Fsp3) is 0.407. The van der Waals surface area contributed by atoms with Crippen LogP contribution in [-0.2, 0) is 14.3 Å². The van der Waals surface area contributed by atoms with E-state index in [0.717, 1.165) is 16.8 Å². The maximum atomic E-state index is 12.8. The molecule has 0 amide bonds. The van der Waals surface area contributed by atoms with Crippen LogP contribution in [-0.4, -0.2) is 22.8 Å². The van der Waals surface area contributed by atoms with E-state index in [4.69, 9.17) is 4.74 Å². The predicted octanol–water partition coefficient (Wildman–Crippen LogP) is 5.06. The number of rotatable bonds is 4. The van der Waals surface area contributed by atoms with Gasteiger partial charge in [0.25, 0.3) is 0 Å². The quantitative estimate of drug-likeness (QED) is 0.502. The Kier molecular flexibility index (Phi) is 5.73. The first kappa shape index (κ1) is 22.0. The number of hydrogen-bond acceptors (Lipinski definition) is 5. The monoisotopic (exact) mass is 428 g/mol. The van der Waals surface area contributed by atoms with Gasteiger partial charge in [0.1, 0.15) is 17.3 Å². The number of benzene rings is 1. The second-order valence-corrected chi connectivity index (χ2v) is 9.27. The molecule has 1 aromatic carbocycles. The Morgan fingerprint density at radius 2 is 1.97 bits per heavy atom. The summed E-state index contributed by atoms with van der Waals surface area (Å²) in [5.41, 5.74) is 2.11. The van der Waals surface area contributed by atoms with Crippen LogP contribution in [0, 0.1) is 40.4 Å². The standard InChI is InChI=1S/C27H28N2O3/c1-16-13-27(19(4)30)25(18(3)32-26(27)31)23(17(16)2)12-11-22-10-9-21(15-29-22)24-8-6-5-7-20(24)14-28/h5-12,15-18,23,25H,13H2,1-4H3/b12-11+/t16-,17+,18+,23-,25-,27-/m0/s1. The van der Waals surface area contributed by atoms with E-state index in [1.807, 2.05) is 43.3 Å². The molecule has 5 nitrogen and oxygen atoms in total. The molecule has 2 fully saturated rings. The summed E-state index contributed by atoms with van der Waals surface area (Å²) >= 11 is 0. The minimum absolute atomic E-state index is 0.0323. The molecule has 164 valence electrons. The van der Waals surface area contributed by atoms with Crippen molar-refractivity contribution in [3.63, 3.8) is 0 Å². The molecule has 32 heavy (non-hydrogen) atoms. The molecule has 1 saturated heterocycles. The average molecular weight is 429 g/mol. The summed E-state index contributed by atoms with van der Waals surface area (Å²) in [5, 5.41) is 9.34. The fourth-order valence-electron chi connectivity index (χ4n) is 5.67. The van der Waals surface area contributed by atoms with E-state index < -0.39 is 5.41 Å². The number of pyridine rings is 1. The van der Waals surface area contributed by atoms with Gasteiger partial charge in [-0.3, -0.25) is 14.6 Å². The van der Waals surface area contributed by atoms with Crippen molar-refractivity contribution in [2.24, 2.45) is 29.1 Å². The largest absolute Gasteiger partial charge is 0.462 e. The maximum absolute atomic E-state index is 12.8. The Labute approximate surface area is 189 Å². The number of nitriles is 1. The average Bonchev–Trinajstić information content (AvgIpc) is 3.04. The summed E-state index contributed by atoms with van der Waals surface area (Å²) in [6, 6.07) is 13.6. The van der Waals surface area contributed by atoms with E-state index in [1.54, 1.807) is 12.3 Å². The number of esters is 1. The molecule has 0 radical (unpaired) electrons. The van der Waals surface area contributed by atoms with Crippen LogP contribution in [0.25, 0.3) is 17.2 Å². The molecule has 0 bridgehead atoms. The summed E-state index contributed by atoms with van der Waals surface area (Å²) in [7, 11) is 0. The first-order valence-corrected chi connectivity index (χ1v) is 11.2. The molecule has 2 aromatic rings. The van der Waals surface area contributed by atoms with Crippen LogP contribution in [0.1, 0.15) is 45.4 Å². The van der Waals surface area contributed by atoms with E-state index in [1.165, 1.54) is 6.92 Å². The zero-order valence-electron chi connectivity index (χ0n) is 18.9. The summed E-state index contributed by atoms with van der Waals surface area (Å²) < 4.78 is 5.60. The molecule has 2 aliphatic rings. The lowest BCUT2D eigenvalue weighted by molar-refractivity contribution is -0.155. The minimum atomic E-state index is -1.04.